The fourth-order valence-electron chi connectivity index (χ4n) is 3.06. The van der Waals surface area contributed by atoms with Crippen molar-refractivity contribution < 1.29 is 9.59 Å². The van der Waals surface area contributed by atoms with E-state index in [-0.39, 0.29) is 17.8 Å². The first kappa shape index (κ1) is 19.6. The lowest BCUT2D eigenvalue weighted by atomic mass is 10.1. The van der Waals surface area contributed by atoms with Crippen LogP contribution in [0.15, 0.2) is 54.0 Å². The van der Waals surface area contributed by atoms with Gasteiger partial charge in [0.2, 0.25) is 5.95 Å². The normalized spacial score (nSPS) is 10.8. The van der Waals surface area contributed by atoms with Gasteiger partial charge in [-0.05, 0) is 35.6 Å². The third kappa shape index (κ3) is 4.01. The maximum atomic E-state index is 12.5. The average molecular weight is 420 g/mol. The minimum atomic E-state index is -0.257. The highest BCUT2D eigenvalue weighted by Gasteiger charge is 2.17. The van der Waals surface area contributed by atoms with Crippen molar-refractivity contribution in [3.05, 3.63) is 70.0 Å². The van der Waals surface area contributed by atoms with Crippen LogP contribution in [0.1, 0.15) is 32.5 Å². The number of carbonyl (C=O) groups excluding carboxylic acids is 2. The highest BCUT2D eigenvalue weighted by atomic mass is 32.1. The topological polar surface area (TPSA) is 114 Å². The zero-order chi connectivity index (χ0) is 21.1. The molecule has 0 radical (unpaired) electrons. The van der Waals surface area contributed by atoms with Crippen molar-refractivity contribution in [2.75, 3.05) is 12.3 Å². The Morgan fingerprint density at radius 2 is 1.90 bits per heavy atom. The molecule has 4 rings (SSSR count). The number of anilines is 1. The van der Waals surface area contributed by atoms with Gasteiger partial charge in [0.05, 0.1) is 10.4 Å². The summed E-state index contributed by atoms with van der Waals surface area (Å²) in [5.41, 5.74) is 9.07. The third-order valence-electron chi connectivity index (χ3n) is 4.48. The van der Waals surface area contributed by atoms with Crippen LogP contribution in [-0.2, 0) is 6.54 Å². The number of thiophene rings is 1. The highest BCUT2D eigenvalue weighted by Crippen LogP contribution is 2.28. The molecule has 0 aliphatic carbocycles. The van der Waals surface area contributed by atoms with Crippen molar-refractivity contribution in [3.8, 4) is 11.1 Å². The zero-order valence-corrected chi connectivity index (χ0v) is 17.1. The van der Waals surface area contributed by atoms with Gasteiger partial charge in [-0.2, -0.15) is 4.98 Å². The predicted molar refractivity (Wildman–Crippen MR) is 116 cm³/mol. The highest BCUT2D eigenvalue weighted by molar-refractivity contribution is 7.12. The first-order chi connectivity index (χ1) is 14.5. The van der Waals surface area contributed by atoms with E-state index in [4.69, 9.17) is 5.73 Å². The van der Waals surface area contributed by atoms with Crippen molar-refractivity contribution in [3.63, 3.8) is 0 Å². The van der Waals surface area contributed by atoms with Crippen LogP contribution in [0, 0.1) is 0 Å². The lowest BCUT2D eigenvalue weighted by molar-refractivity contribution is 0.0947. The molecule has 0 atom stereocenters. The zero-order valence-electron chi connectivity index (χ0n) is 16.3. The van der Waals surface area contributed by atoms with Crippen LogP contribution >= 0.6 is 11.3 Å². The van der Waals surface area contributed by atoms with Gasteiger partial charge in [-0.15, -0.1) is 16.4 Å². The maximum Gasteiger partial charge on any atom is 0.261 e. The number of hydrogen-bond acceptors (Lipinski definition) is 6. The van der Waals surface area contributed by atoms with Crippen molar-refractivity contribution >= 4 is 34.7 Å². The summed E-state index contributed by atoms with van der Waals surface area (Å²) in [6, 6.07) is 13.3. The smallest absolute Gasteiger partial charge is 0.261 e. The van der Waals surface area contributed by atoms with Crippen molar-refractivity contribution in [1.82, 2.24) is 25.2 Å². The SMILES string of the molecule is CCNC(=O)c1cc(-c2csc(C(=O)NCc3ccccc3)c2)cn2nc(N)nc12. The minimum Gasteiger partial charge on any atom is -0.366 e. The van der Waals surface area contributed by atoms with E-state index in [9.17, 15) is 9.59 Å². The number of rotatable bonds is 6. The Morgan fingerprint density at radius 1 is 1.10 bits per heavy atom. The fraction of sp³-hybridized carbons (Fsp3) is 0.143. The van der Waals surface area contributed by atoms with E-state index >= 15 is 0 Å². The number of nitrogens with one attached hydrogen (secondary N) is 2. The number of nitrogens with zero attached hydrogens (tertiary/aromatic N) is 3. The number of nitrogen functional groups attached to an aromatic ring is 1. The summed E-state index contributed by atoms with van der Waals surface area (Å²) in [6.07, 6.45) is 1.75. The molecule has 8 nitrogen and oxygen atoms in total. The summed E-state index contributed by atoms with van der Waals surface area (Å²) in [5, 5.41) is 11.7. The van der Waals surface area contributed by atoms with Crippen LogP contribution in [0.4, 0.5) is 5.95 Å². The van der Waals surface area contributed by atoms with Crippen molar-refractivity contribution in [2.45, 2.75) is 13.5 Å². The number of pyridine rings is 1. The lowest BCUT2D eigenvalue weighted by Crippen LogP contribution is -2.23. The van der Waals surface area contributed by atoms with Crippen LogP contribution in [0.3, 0.4) is 0 Å². The number of benzene rings is 1. The van der Waals surface area contributed by atoms with Gasteiger partial charge in [0.15, 0.2) is 5.65 Å². The third-order valence-corrected chi connectivity index (χ3v) is 5.41. The molecule has 152 valence electrons. The van der Waals surface area contributed by atoms with E-state index in [0.29, 0.717) is 29.2 Å². The first-order valence-corrected chi connectivity index (χ1v) is 10.3. The lowest BCUT2D eigenvalue weighted by Gasteiger charge is -2.06. The Morgan fingerprint density at radius 3 is 2.67 bits per heavy atom. The molecule has 9 heteroatoms. The molecule has 0 bridgehead atoms. The average Bonchev–Trinajstić information content (AvgIpc) is 3.38. The predicted octanol–water partition coefficient (Wildman–Crippen LogP) is 2.72. The van der Waals surface area contributed by atoms with Crippen molar-refractivity contribution in [1.29, 1.82) is 0 Å². The Balaban J connectivity index is 1.61. The van der Waals surface area contributed by atoms with Gasteiger partial charge in [-0.3, -0.25) is 9.59 Å². The molecule has 3 heterocycles. The quantitative estimate of drug-likeness (QED) is 0.444. The van der Waals surface area contributed by atoms with Crippen LogP contribution in [0.5, 0.6) is 0 Å². The number of amides is 2. The largest absolute Gasteiger partial charge is 0.366 e. The molecule has 2 amide bonds. The number of nitrogens with two attached hydrogens (primary N) is 1. The van der Waals surface area contributed by atoms with Gasteiger partial charge in [0.1, 0.15) is 0 Å². The Labute approximate surface area is 176 Å². The van der Waals surface area contributed by atoms with Gasteiger partial charge >= 0.3 is 0 Å². The standard InChI is InChI=1S/C21H20N6O2S/c1-2-23-19(28)16-8-14(11-27-18(16)25-21(22)26-27)15-9-17(30-12-15)20(29)24-10-13-6-4-3-5-7-13/h3-9,11-12H,2,10H2,1H3,(H2,22,26)(H,23,28)(H,24,29). The molecule has 4 N–H and O–H groups in total. The first-order valence-electron chi connectivity index (χ1n) is 9.40. The summed E-state index contributed by atoms with van der Waals surface area (Å²) in [7, 11) is 0. The molecule has 0 unspecified atom stereocenters. The summed E-state index contributed by atoms with van der Waals surface area (Å²) in [5.74, 6) is -0.318. The van der Waals surface area contributed by atoms with E-state index in [1.807, 2.05) is 42.6 Å². The van der Waals surface area contributed by atoms with Crippen LogP contribution < -0.4 is 16.4 Å². The van der Waals surface area contributed by atoms with Gasteiger partial charge in [-0.1, -0.05) is 30.3 Å². The molecule has 3 aromatic heterocycles. The summed E-state index contributed by atoms with van der Waals surface area (Å²) < 4.78 is 1.49. The number of aromatic nitrogens is 3. The molecule has 0 spiro atoms. The second kappa shape index (κ2) is 8.34. The Bertz CT molecular complexity index is 1210. The monoisotopic (exact) mass is 420 g/mol. The van der Waals surface area contributed by atoms with Crippen LogP contribution in [0.2, 0.25) is 0 Å². The minimum absolute atomic E-state index is 0.0870. The molecule has 0 fully saturated rings. The molecule has 0 aliphatic rings. The number of hydrogen-bond donors (Lipinski definition) is 3. The molecule has 0 saturated carbocycles. The Hall–Kier alpha value is -3.72. The summed E-state index contributed by atoms with van der Waals surface area (Å²) >= 11 is 1.34. The van der Waals surface area contributed by atoms with Gasteiger partial charge in [-0.25, -0.2) is 4.52 Å². The van der Waals surface area contributed by atoms with E-state index in [1.165, 1.54) is 15.9 Å². The van der Waals surface area contributed by atoms with E-state index < -0.39 is 0 Å². The number of fused-ring (bicyclic) bond motifs is 1. The van der Waals surface area contributed by atoms with Gasteiger partial charge < -0.3 is 16.4 Å². The number of carbonyl (C=O) groups is 2. The molecular formula is C21H20N6O2S. The molecule has 30 heavy (non-hydrogen) atoms. The van der Waals surface area contributed by atoms with Crippen LogP contribution in [0.25, 0.3) is 16.8 Å². The Kier molecular flexibility index (Phi) is 5.44. The molecule has 1 aromatic carbocycles. The van der Waals surface area contributed by atoms with Gasteiger partial charge in [0.25, 0.3) is 11.8 Å². The molecular weight excluding hydrogens is 400 g/mol. The summed E-state index contributed by atoms with van der Waals surface area (Å²) in [6.45, 7) is 2.79. The molecule has 4 aromatic rings. The molecule has 0 saturated heterocycles. The second-order valence-corrected chi connectivity index (χ2v) is 7.52. The summed E-state index contributed by atoms with van der Waals surface area (Å²) in [4.78, 5) is 29.7. The van der Waals surface area contributed by atoms with E-state index in [0.717, 1.165) is 16.7 Å². The van der Waals surface area contributed by atoms with Crippen molar-refractivity contribution in [2.24, 2.45) is 0 Å². The fourth-order valence-corrected chi connectivity index (χ4v) is 3.89. The van der Waals surface area contributed by atoms with E-state index in [1.54, 1.807) is 18.3 Å². The van der Waals surface area contributed by atoms with E-state index in [2.05, 4.69) is 20.7 Å². The molecule has 0 aliphatic heterocycles. The van der Waals surface area contributed by atoms with Gasteiger partial charge in [0, 0.05) is 24.8 Å². The second-order valence-electron chi connectivity index (χ2n) is 6.61. The van der Waals surface area contributed by atoms with Crippen LogP contribution in [-0.4, -0.2) is 33.0 Å². The maximum absolute atomic E-state index is 12.5.